The molecule has 0 radical (unpaired) electrons. The average molecular weight is 210 g/mol. The second-order valence-electron chi connectivity index (χ2n) is 4.03. The minimum atomic E-state index is -0.276. The van der Waals surface area contributed by atoms with E-state index in [0.29, 0.717) is 11.7 Å². The van der Waals surface area contributed by atoms with Gasteiger partial charge in [-0.25, -0.2) is 4.39 Å². The fourth-order valence-electron chi connectivity index (χ4n) is 1.94. The van der Waals surface area contributed by atoms with E-state index in [-0.39, 0.29) is 5.82 Å². The maximum Gasteiger partial charge on any atom is 0.165 e. The highest BCUT2D eigenvalue weighted by molar-refractivity contribution is 5.38. The van der Waals surface area contributed by atoms with Gasteiger partial charge in [0.2, 0.25) is 0 Å². The van der Waals surface area contributed by atoms with E-state index in [0.717, 1.165) is 18.4 Å². The molecule has 0 aliphatic heterocycles. The van der Waals surface area contributed by atoms with Gasteiger partial charge in [0.15, 0.2) is 11.6 Å². The number of hydrogen-bond donors (Lipinski definition) is 0. The number of methoxy groups -OCH3 is 1. The Hall–Kier alpha value is -1.05. The lowest BCUT2D eigenvalue weighted by Gasteiger charge is -2.15. The highest BCUT2D eigenvalue weighted by Gasteiger charge is 2.12. The third-order valence-electron chi connectivity index (χ3n) is 2.79. The predicted molar refractivity (Wildman–Crippen MR) is 61.0 cm³/mol. The minimum absolute atomic E-state index is 0.276. The molecular formula is C13H19FO. The normalized spacial score (nSPS) is 12.6. The van der Waals surface area contributed by atoms with Crippen molar-refractivity contribution in [2.24, 2.45) is 0 Å². The van der Waals surface area contributed by atoms with Gasteiger partial charge in [-0.1, -0.05) is 20.3 Å². The van der Waals surface area contributed by atoms with Crippen LogP contribution >= 0.6 is 0 Å². The van der Waals surface area contributed by atoms with Gasteiger partial charge >= 0.3 is 0 Å². The number of halogens is 1. The number of rotatable bonds is 4. The van der Waals surface area contributed by atoms with Gasteiger partial charge in [0.1, 0.15) is 0 Å². The van der Waals surface area contributed by atoms with Crippen molar-refractivity contribution in [1.82, 2.24) is 0 Å². The standard InChI is InChI=1S/C13H19FO/c1-5-6-9(2)11-8-13(15-4)12(14)7-10(11)3/h7-9H,5-6H2,1-4H3. The zero-order chi connectivity index (χ0) is 11.4. The molecule has 0 spiro atoms. The van der Waals surface area contributed by atoms with Crippen molar-refractivity contribution < 1.29 is 9.13 Å². The first kappa shape index (κ1) is 12.0. The van der Waals surface area contributed by atoms with Crippen molar-refractivity contribution in [3.8, 4) is 5.75 Å². The summed E-state index contributed by atoms with van der Waals surface area (Å²) in [6, 6.07) is 3.38. The maximum absolute atomic E-state index is 13.4. The molecule has 0 bridgehead atoms. The zero-order valence-corrected chi connectivity index (χ0v) is 9.93. The smallest absolute Gasteiger partial charge is 0.165 e. The first-order chi connectivity index (χ1) is 7.10. The van der Waals surface area contributed by atoms with Gasteiger partial charge in [-0.15, -0.1) is 0 Å². The Morgan fingerprint density at radius 1 is 1.40 bits per heavy atom. The van der Waals surface area contributed by atoms with Gasteiger partial charge in [-0.2, -0.15) is 0 Å². The summed E-state index contributed by atoms with van der Waals surface area (Å²) in [6.45, 7) is 6.28. The van der Waals surface area contributed by atoms with Crippen molar-refractivity contribution in [3.05, 3.63) is 29.1 Å². The number of aryl methyl sites for hydroxylation is 1. The summed E-state index contributed by atoms with van der Waals surface area (Å²) in [5, 5.41) is 0. The lowest BCUT2D eigenvalue weighted by molar-refractivity contribution is 0.385. The van der Waals surface area contributed by atoms with Gasteiger partial charge in [0, 0.05) is 0 Å². The lowest BCUT2D eigenvalue weighted by atomic mass is 9.92. The van der Waals surface area contributed by atoms with Crippen molar-refractivity contribution >= 4 is 0 Å². The Labute approximate surface area is 91.3 Å². The Kier molecular flexibility index (Phi) is 4.13. The molecule has 0 N–H and O–H groups in total. The Balaban J connectivity index is 3.06. The molecule has 0 aliphatic carbocycles. The van der Waals surface area contributed by atoms with E-state index in [1.54, 1.807) is 6.07 Å². The third-order valence-corrected chi connectivity index (χ3v) is 2.79. The van der Waals surface area contributed by atoms with E-state index < -0.39 is 0 Å². The van der Waals surface area contributed by atoms with Crippen LogP contribution in [0.1, 0.15) is 43.7 Å². The van der Waals surface area contributed by atoms with Crippen LogP contribution in [-0.4, -0.2) is 7.11 Å². The molecule has 1 aromatic carbocycles. The SMILES string of the molecule is CCCC(C)c1cc(OC)c(F)cc1C. The molecule has 1 aromatic rings. The minimum Gasteiger partial charge on any atom is -0.494 e. The molecule has 0 heterocycles. The fourth-order valence-corrected chi connectivity index (χ4v) is 1.94. The molecule has 15 heavy (non-hydrogen) atoms. The topological polar surface area (TPSA) is 9.23 Å². The molecule has 1 unspecified atom stereocenters. The first-order valence-corrected chi connectivity index (χ1v) is 5.44. The van der Waals surface area contributed by atoms with E-state index >= 15 is 0 Å². The quantitative estimate of drug-likeness (QED) is 0.728. The monoisotopic (exact) mass is 210 g/mol. The van der Waals surface area contributed by atoms with Crippen LogP contribution in [0.2, 0.25) is 0 Å². The molecule has 0 fully saturated rings. The zero-order valence-electron chi connectivity index (χ0n) is 9.93. The van der Waals surface area contributed by atoms with Crippen LogP contribution in [0.5, 0.6) is 5.75 Å². The summed E-state index contributed by atoms with van der Waals surface area (Å²) in [7, 11) is 1.50. The highest BCUT2D eigenvalue weighted by atomic mass is 19.1. The van der Waals surface area contributed by atoms with Crippen LogP contribution in [0, 0.1) is 12.7 Å². The van der Waals surface area contributed by atoms with E-state index in [4.69, 9.17) is 4.74 Å². The molecule has 0 amide bonds. The second kappa shape index (κ2) is 5.15. The molecule has 0 saturated carbocycles. The third kappa shape index (κ3) is 2.71. The first-order valence-electron chi connectivity index (χ1n) is 5.44. The summed E-state index contributed by atoms with van der Waals surface area (Å²) < 4.78 is 18.3. The molecule has 1 rings (SSSR count). The number of benzene rings is 1. The Morgan fingerprint density at radius 3 is 2.60 bits per heavy atom. The highest BCUT2D eigenvalue weighted by Crippen LogP contribution is 2.29. The van der Waals surface area contributed by atoms with E-state index in [1.807, 2.05) is 13.0 Å². The number of hydrogen-bond acceptors (Lipinski definition) is 1. The average Bonchev–Trinajstić information content (AvgIpc) is 2.18. The van der Waals surface area contributed by atoms with Gasteiger partial charge in [0.25, 0.3) is 0 Å². The summed E-state index contributed by atoms with van der Waals surface area (Å²) in [4.78, 5) is 0. The summed E-state index contributed by atoms with van der Waals surface area (Å²) in [5.74, 6) is 0.533. The van der Waals surface area contributed by atoms with Crippen LogP contribution in [0.4, 0.5) is 4.39 Å². The number of ether oxygens (including phenoxy) is 1. The van der Waals surface area contributed by atoms with E-state index in [1.165, 1.54) is 12.7 Å². The Morgan fingerprint density at radius 2 is 2.07 bits per heavy atom. The summed E-state index contributed by atoms with van der Waals surface area (Å²) in [5.41, 5.74) is 2.20. The predicted octanol–water partition coefficient (Wildman–Crippen LogP) is 4.05. The van der Waals surface area contributed by atoms with Crippen LogP contribution in [-0.2, 0) is 0 Å². The van der Waals surface area contributed by atoms with Crippen molar-refractivity contribution in [2.45, 2.75) is 39.5 Å². The molecular weight excluding hydrogens is 191 g/mol. The molecule has 1 nitrogen and oxygen atoms in total. The maximum atomic E-state index is 13.4. The molecule has 0 aliphatic rings. The molecule has 84 valence electrons. The molecule has 2 heteroatoms. The summed E-state index contributed by atoms with van der Waals surface area (Å²) >= 11 is 0. The van der Waals surface area contributed by atoms with E-state index in [9.17, 15) is 4.39 Å². The van der Waals surface area contributed by atoms with Crippen LogP contribution in [0.25, 0.3) is 0 Å². The lowest BCUT2D eigenvalue weighted by Crippen LogP contribution is -1.99. The van der Waals surface area contributed by atoms with Crippen molar-refractivity contribution in [2.75, 3.05) is 7.11 Å². The van der Waals surface area contributed by atoms with Crippen LogP contribution < -0.4 is 4.74 Å². The second-order valence-corrected chi connectivity index (χ2v) is 4.03. The van der Waals surface area contributed by atoms with Crippen LogP contribution in [0.15, 0.2) is 12.1 Å². The summed E-state index contributed by atoms with van der Waals surface area (Å²) in [6.07, 6.45) is 2.26. The molecule has 0 aromatic heterocycles. The van der Waals surface area contributed by atoms with Gasteiger partial charge in [0.05, 0.1) is 7.11 Å². The largest absolute Gasteiger partial charge is 0.494 e. The van der Waals surface area contributed by atoms with Crippen molar-refractivity contribution in [3.63, 3.8) is 0 Å². The molecule has 0 saturated heterocycles. The van der Waals surface area contributed by atoms with Gasteiger partial charge < -0.3 is 4.74 Å². The van der Waals surface area contributed by atoms with Gasteiger partial charge in [-0.3, -0.25) is 0 Å². The Bertz CT molecular complexity index is 334. The molecule has 1 atom stereocenters. The van der Waals surface area contributed by atoms with Crippen molar-refractivity contribution in [1.29, 1.82) is 0 Å². The van der Waals surface area contributed by atoms with E-state index in [2.05, 4.69) is 13.8 Å². The van der Waals surface area contributed by atoms with Gasteiger partial charge in [-0.05, 0) is 42.5 Å². The van der Waals surface area contributed by atoms with Crippen LogP contribution in [0.3, 0.4) is 0 Å². The fraction of sp³-hybridized carbons (Fsp3) is 0.538.